The maximum atomic E-state index is 11.5. The molecule has 102 heavy (non-hydrogen) atoms. The van der Waals surface area contributed by atoms with Gasteiger partial charge < -0.3 is 43.0 Å². The number of aromatic hydroxyl groups is 1. The number of benzene rings is 2. The van der Waals surface area contributed by atoms with Gasteiger partial charge in [-0.25, -0.2) is 19.2 Å². The average Bonchev–Trinajstić information content (AvgIpc) is 1.27. The second kappa shape index (κ2) is 77.9. The van der Waals surface area contributed by atoms with Crippen LogP contribution in [-0.4, -0.2) is 101 Å². The Balaban J connectivity index is -0.000000135. The number of unbranched alkanes of at least 4 members (excludes halogenated alkanes) is 1. The highest BCUT2D eigenvalue weighted by Crippen LogP contribution is 2.38. The number of nitriles is 2. The van der Waals surface area contributed by atoms with E-state index >= 15 is 0 Å². The molecule has 2 aliphatic rings. The first-order valence-electron chi connectivity index (χ1n) is 30.1. The summed E-state index contributed by atoms with van der Waals surface area (Å²) in [6, 6.07) is 14.2. The molecule has 0 aliphatic heterocycles. The lowest BCUT2D eigenvalue weighted by Crippen LogP contribution is -2.14. The Hall–Kier alpha value is -8.79. The van der Waals surface area contributed by atoms with Crippen LogP contribution in [0, 0.1) is 34.5 Å². The smallest absolute Gasteiger partial charge is 0.392 e. The number of hydrogen-bond donors (Lipinski definition) is 1. The molecule has 0 amide bonds. The second-order valence-electron chi connectivity index (χ2n) is 18.8. The van der Waals surface area contributed by atoms with E-state index in [4.69, 9.17) is 34.6 Å². The van der Waals surface area contributed by atoms with Crippen LogP contribution >= 0.6 is 47.8 Å². The van der Waals surface area contributed by atoms with Crippen molar-refractivity contribution in [1.82, 2.24) is 0 Å². The van der Waals surface area contributed by atoms with Gasteiger partial charge in [0.2, 0.25) is 0 Å². The molecule has 2 aromatic rings. The molecule has 572 valence electrons. The predicted octanol–water partition coefficient (Wildman–Crippen LogP) is 22.7. The summed E-state index contributed by atoms with van der Waals surface area (Å²) < 4.78 is 142. The number of hydrogen-bond acceptors (Lipinski definition) is 15. The van der Waals surface area contributed by atoms with Gasteiger partial charge in [-0.2, -0.15) is 50.0 Å². The Morgan fingerprint density at radius 3 is 1.18 bits per heavy atom. The zero-order chi connectivity index (χ0) is 81.0. The molecule has 27 heteroatoms. The van der Waals surface area contributed by atoms with E-state index in [1.807, 2.05) is 37.3 Å². The maximum Gasteiger partial charge on any atom is 0.392 e. The zero-order valence-corrected chi connectivity index (χ0v) is 63.9. The average molecular weight is 1650 g/mol. The van der Waals surface area contributed by atoms with Gasteiger partial charge in [-0.1, -0.05) is 182 Å². The number of nitrogens with zero attached hydrogens (tertiary/aromatic N) is 2. The van der Waals surface area contributed by atoms with E-state index in [0.29, 0.717) is 17.1 Å². The van der Waals surface area contributed by atoms with Crippen molar-refractivity contribution >= 4 is 77.7 Å². The number of phenols is 1. The highest BCUT2D eigenvalue weighted by atomic mass is 79.9. The Labute approximate surface area is 623 Å². The molecule has 2 atom stereocenters. The number of carbonyl (C=O) groups excluding carboxylic acids is 4. The molecule has 2 aliphatic carbocycles. The summed E-state index contributed by atoms with van der Waals surface area (Å²) in [7, 11) is 1.56. The van der Waals surface area contributed by atoms with Gasteiger partial charge in [0.05, 0.1) is 79.5 Å². The van der Waals surface area contributed by atoms with Crippen LogP contribution in [0.15, 0.2) is 232 Å². The molecule has 2 unspecified atom stereocenters. The summed E-state index contributed by atoms with van der Waals surface area (Å²) >= 11 is 10.1. The number of ether oxygens (including phenoxy) is 8. The monoisotopic (exact) mass is 1640 g/mol. The van der Waals surface area contributed by atoms with Crippen LogP contribution in [0.2, 0.25) is 0 Å². The summed E-state index contributed by atoms with van der Waals surface area (Å²) in [5.74, 6) is 0.0174. The van der Waals surface area contributed by atoms with Crippen LogP contribution in [0.4, 0.5) is 39.5 Å². The van der Waals surface area contributed by atoms with Crippen LogP contribution in [0.3, 0.4) is 0 Å². The first-order valence-corrected chi connectivity index (χ1v) is 32.5. The van der Waals surface area contributed by atoms with Gasteiger partial charge in [0.25, 0.3) is 0 Å². The number of alkyl halides is 9. The van der Waals surface area contributed by atoms with Crippen molar-refractivity contribution in [2.45, 2.75) is 111 Å². The molecule has 0 aromatic heterocycles. The lowest BCUT2D eigenvalue weighted by molar-refractivity contribution is -0.157. The summed E-state index contributed by atoms with van der Waals surface area (Å²) in [5, 5.41) is 24.1. The van der Waals surface area contributed by atoms with E-state index in [9.17, 15) is 58.7 Å². The van der Waals surface area contributed by atoms with Gasteiger partial charge in [0, 0.05) is 39.9 Å². The lowest BCUT2D eigenvalue weighted by atomic mass is 10.1. The van der Waals surface area contributed by atoms with Crippen molar-refractivity contribution in [3.8, 4) is 23.6 Å². The molecule has 1 fully saturated rings. The third-order valence-electron chi connectivity index (χ3n) is 9.70. The largest absolute Gasteiger partial charge is 0.508 e. The van der Waals surface area contributed by atoms with Gasteiger partial charge >= 0.3 is 42.4 Å². The minimum Gasteiger partial charge on any atom is -0.508 e. The summed E-state index contributed by atoms with van der Waals surface area (Å²) in [5.41, 5.74) is 2.69. The molecule has 4 rings (SSSR count). The van der Waals surface area contributed by atoms with E-state index in [0.717, 1.165) is 80.7 Å². The standard InChI is InChI=1S/C11H9Br3O3.C8H8O.C7H9F3O2.C7H10.2C6H7F3O2.C6H12O.C5H10O.C5H8.C4H5N.C4H6.C3H3N.C3H6O/c1-2-10(15)16-3-4-17-11-8(13)5-7(12)6-9(11)14;1-2-7-3-5-8(9)6-4-7;1-5(2)6(11)12-4-3-7(8,9)10;1-2-7-4-3-6(1)5-7;2*1-2-5(10)11-4-3-6(7,8)9;1-3-5-6-7-4-2;1-3-5-6-4-2;1-4-5(2)3;1-4(2)3-5;1-3-4-2;1-2-3-4;1-3-4-2/h2,5-6H,1,3-4H2;2-6,9H,1H2;1,3-4H2,2H3;1-2,6-7H,3-5H2;2*2H,1,3-4H2;4H,2-3,5-6H2,1H3;4H,2-3,5H2,1H3;4H,1-2H2,3H3;1H2,2H3;3-4H,1-2H2;2H,1H2;3H,1H2,2H3. The molecule has 2 aromatic carbocycles. The van der Waals surface area contributed by atoms with Crippen LogP contribution in [0.1, 0.15) is 98.0 Å². The fraction of sp³-hybridized carbons (Fsp3) is 0.360. The van der Waals surface area contributed by atoms with E-state index in [-0.39, 0.29) is 18.8 Å². The third kappa shape index (κ3) is 102. The number of carbonyl (C=O) groups is 4. The maximum absolute atomic E-state index is 11.5. The summed E-state index contributed by atoms with van der Waals surface area (Å²) in [6.45, 7) is 55.6. The van der Waals surface area contributed by atoms with Crippen molar-refractivity contribution in [2.24, 2.45) is 11.8 Å². The van der Waals surface area contributed by atoms with Crippen molar-refractivity contribution < 1.29 is 102 Å². The highest BCUT2D eigenvalue weighted by Gasteiger charge is 2.29. The number of halogens is 12. The van der Waals surface area contributed by atoms with Crippen molar-refractivity contribution in [1.29, 1.82) is 10.5 Å². The lowest BCUT2D eigenvalue weighted by Gasteiger charge is -2.10. The fourth-order valence-electron chi connectivity index (χ4n) is 4.89. The van der Waals surface area contributed by atoms with Crippen LogP contribution in [-0.2, 0) is 52.3 Å². The number of allylic oxidation sites excluding steroid dienone is 8. The zero-order valence-electron chi connectivity index (χ0n) is 59.1. The topological polar surface area (TPSA) is 210 Å². The van der Waals surface area contributed by atoms with Gasteiger partial charge in [-0.05, 0) is 126 Å². The Morgan fingerprint density at radius 1 is 0.578 bits per heavy atom. The molecule has 1 N–H and O–H groups in total. The highest BCUT2D eigenvalue weighted by molar-refractivity contribution is 9.11. The number of fused-ring (bicyclic) bond motifs is 2. The van der Waals surface area contributed by atoms with E-state index < -0.39 is 81.5 Å². The fourth-order valence-corrected chi connectivity index (χ4v) is 7.37. The number of phenolic OH excluding ortho intramolecular Hbond substituents is 1. The van der Waals surface area contributed by atoms with E-state index in [2.05, 4.69) is 185 Å². The second-order valence-corrected chi connectivity index (χ2v) is 21.4. The number of rotatable bonds is 25. The first kappa shape index (κ1) is 112. The van der Waals surface area contributed by atoms with Gasteiger partial charge in [-0.3, -0.25) is 0 Å². The molecule has 0 saturated heterocycles. The summed E-state index contributed by atoms with van der Waals surface area (Å²) in [4.78, 5) is 41.7. The third-order valence-corrected chi connectivity index (χ3v) is 11.3. The molecule has 2 bridgehead atoms. The van der Waals surface area contributed by atoms with Crippen LogP contribution in [0.25, 0.3) is 6.08 Å². The van der Waals surface area contributed by atoms with Gasteiger partial charge in [0.1, 0.15) is 44.5 Å². The Morgan fingerprint density at radius 2 is 0.941 bits per heavy atom. The normalized spacial score (nSPS) is 11.3. The van der Waals surface area contributed by atoms with Crippen LogP contribution in [0.5, 0.6) is 11.5 Å². The summed E-state index contributed by atoms with van der Waals surface area (Å²) in [6.07, 6.45) is 11.4. The van der Waals surface area contributed by atoms with Crippen molar-refractivity contribution in [2.75, 3.05) is 53.4 Å². The molecule has 1 saturated carbocycles. The first-order chi connectivity index (χ1) is 47.7. The molecule has 0 radical (unpaired) electrons. The quantitative estimate of drug-likeness (QED) is 0.0113. The number of methoxy groups -OCH3 is 1. The van der Waals surface area contributed by atoms with Crippen LogP contribution < -0.4 is 4.74 Å². The Kier molecular flexibility index (Phi) is 85.4. The molecular weight excluding hydrogens is 1550 g/mol. The Bertz CT molecular complexity index is 2770. The minimum atomic E-state index is -4.28. The molecule has 0 spiro atoms. The predicted molar refractivity (Wildman–Crippen MR) is 401 cm³/mol. The van der Waals surface area contributed by atoms with Gasteiger partial charge in [0.15, 0.2) is 0 Å². The van der Waals surface area contributed by atoms with Crippen molar-refractivity contribution in [3.05, 3.63) is 238 Å². The van der Waals surface area contributed by atoms with E-state index in [1.54, 1.807) is 56.5 Å². The molecule has 0 heterocycles. The molecule has 15 nitrogen and oxygen atoms in total. The minimum absolute atomic E-state index is 0.0946. The van der Waals surface area contributed by atoms with E-state index in [1.165, 1.54) is 57.5 Å². The van der Waals surface area contributed by atoms with Crippen molar-refractivity contribution in [3.63, 3.8) is 0 Å². The number of esters is 4. The molecular formula is C75H100Br3F9N2O13. The van der Waals surface area contributed by atoms with Gasteiger partial charge in [-0.15, -0.1) is 0 Å². The SMILES string of the molecule is C1=CC2CCC1C2.C=C(C)C#N.C=C(C)C(=O)OCCC(F)(F)F.C=CC#N.C=CC(=C)C.C=CC(=O)OCCC(F)(F)F.C=CC(=O)OCCC(F)(F)F.C=CC(=O)OCCOc1c(Br)cc(Br)cc1Br.C=CC=C.C=COC.C=COCCC.C=COCCCC.C=Cc1ccc(O)cc1.